The summed E-state index contributed by atoms with van der Waals surface area (Å²) in [7, 11) is 0. The molecule has 1 heterocycles. The molecule has 5 saturated carbocycles. The number of aromatic amines is 1. The molecule has 3 N–H and O–H groups in total. The first-order valence-electron chi connectivity index (χ1n) is 14.8. The number of benzene rings is 2. The number of hydrogen-bond acceptors (Lipinski definition) is 3. The van der Waals surface area contributed by atoms with Crippen molar-refractivity contribution in [3.8, 4) is 11.4 Å². The number of nitrogens with zero attached hydrogens (tertiary/aromatic N) is 1. The minimum Gasteiger partial charge on any atom is -0.338 e. The number of fused-ring (bicyclic) bond motifs is 1. The van der Waals surface area contributed by atoms with E-state index in [1.165, 1.54) is 32.1 Å². The molecule has 5 aliphatic rings. The first-order valence-corrected chi connectivity index (χ1v) is 14.8. The molecule has 2 amide bonds. The molecular formula is C32H38N4O2. The van der Waals surface area contributed by atoms with Crippen molar-refractivity contribution in [1.82, 2.24) is 9.97 Å². The van der Waals surface area contributed by atoms with Crippen molar-refractivity contribution < 1.29 is 9.59 Å². The smallest absolute Gasteiger partial charge is 0.230 e. The third-order valence-corrected chi connectivity index (χ3v) is 9.91. The molecule has 8 rings (SSSR count). The number of amides is 2. The highest BCUT2D eigenvalue weighted by molar-refractivity contribution is 5.96. The second-order valence-electron chi connectivity index (χ2n) is 12.7. The van der Waals surface area contributed by atoms with Crippen LogP contribution in [0.3, 0.4) is 0 Å². The van der Waals surface area contributed by atoms with E-state index < -0.39 is 0 Å². The maximum atomic E-state index is 13.4. The van der Waals surface area contributed by atoms with Crippen molar-refractivity contribution in [2.75, 3.05) is 10.6 Å². The Hall–Kier alpha value is -3.15. The number of H-pyrrole nitrogens is 1. The Morgan fingerprint density at radius 1 is 0.789 bits per heavy atom. The first-order chi connectivity index (χ1) is 18.5. The summed E-state index contributed by atoms with van der Waals surface area (Å²) >= 11 is 0. The number of aromatic nitrogens is 2. The molecule has 0 atom stereocenters. The summed E-state index contributed by atoms with van der Waals surface area (Å²) in [5.41, 5.74) is 4.26. The van der Waals surface area contributed by atoms with Crippen molar-refractivity contribution in [2.24, 2.45) is 29.1 Å². The lowest BCUT2D eigenvalue weighted by Crippen LogP contribution is -2.51. The predicted molar refractivity (Wildman–Crippen MR) is 151 cm³/mol. The fourth-order valence-electron chi connectivity index (χ4n) is 8.37. The molecule has 6 heteroatoms. The van der Waals surface area contributed by atoms with Gasteiger partial charge >= 0.3 is 0 Å². The Labute approximate surface area is 224 Å². The van der Waals surface area contributed by atoms with Gasteiger partial charge in [0.15, 0.2) is 0 Å². The zero-order chi connectivity index (χ0) is 25.7. The summed E-state index contributed by atoms with van der Waals surface area (Å²) in [6, 6.07) is 13.9. The molecular weight excluding hydrogens is 472 g/mol. The van der Waals surface area contributed by atoms with Gasteiger partial charge in [0.25, 0.3) is 0 Å². The molecule has 3 aromatic rings. The Bertz CT molecular complexity index is 1310. The Morgan fingerprint density at radius 2 is 1.42 bits per heavy atom. The number of anilines is 2. The zero-order valence-electron chi connectivity index (χ0n) is 22.1. The van der Waals surface area contributed by atoms with Crippen molar-refractivity contribution in [3.05, 3.63) is 42.5 Å². The van der Waals surface area contributed by atoms with Gasteiger partial charge in [-0.05, 0) is 112 Å². The average Bonchev–Trinajstić information content (AvgIpc) is 3.12. The molecule has 38 heavy (non-hydrogen) atoms. The van der Waals surface area contributed by atoms with Gasteiger partial charge < -0.3 is 15.6 Å². The largest absolute Gasteiger partial charge is 0.338 e. The van der Waals surface area contributed by atoms with E-state index in [1.54, 1.807) is 0 Å². The van der Waals surface area contributed by atoms with E-state index in [0.29, 0.717) is 0 Å². The molecule has 2 aromatic carbocycles. The van der Waals surface area contributed by atoms with Crippen molar-refractivity contribution in [3.63, 3.8) is 0 Å². The summed E-state index contributed by atoms with van der Waals surface area (Å²) in [6.45, 7) is 0. The number of nitrogens with one attached hydrogen (secondary N) is 3. The molecule has 0 unspecified atom stereocenters. The van der Waals surface area contributed by atoms with Crippen LogP contribution in [0.2, 0.25) is 0 Å². The molecule has 5 aliphatic carbocycles. The van der Waals surface area contributed by atoms with E-state index in [-0.39, 0.29) is 23.1 Å². The minimum absolute atomic E-state index is 0.118. The van der Waals surface area contributed by atoms with E-state index >= 15 is 0 Å². The summed E-state index contributed by atoms with van der Waals surface area (Å²) in [6.07, 6.45) is 14.0. The number of rotatable bonds is 5. The van der Waals surface area contributed by atoms with Gasteiger partial charge in [-0.25, -0.2) is 4.98 Å². The van der Waals surface area contributed by atoms with Crippen molar-refractivity contribution in [2.45, 2.75) is 77.0 Å². The van der Waals surface area contributed by atoms with Gasteiger partial charge in [0.2, 0.25) is 11.8 Å². The van der Waals surface area contributed by atoms with Gasteiger partial charge in [0.1, 0.15) is 5.82 Å². The normalized spacial score (nSPS) is 28.8. The fraction of sp³-hybridized carbons (Fsp3) is 0.531. The standard InChI is InChI=1S/C32H38N4O2/c37-30(24-5-3-1-2-4-6-24)33-26-11-12-27-28(16-26)36-29(35-27)23-7-9-25(10-8-23)34-31(38)32-17-20-13-21(18-32)15-22(14-20)19-32/h7-12,16,20-22,24H,1-6,13-15,17-19H2,(H,33,37)(H,34,38)(H,35,36). The molecule has 0 radical (unpaired) electrons. The predicted octanol–water partition coefficient (Wildman–Crippen LogP) is 7.29. The monoisotopic (exact) mass is 510 g/mol. The van der Waals surface area contributed by atoms with Crippen LogP contribution in [0.1, 0.15) is 77.0 Å². The minimum atomic E-state index is -0.143. The summed E-state index contributed by atoms with van der Waals surface area (Å²) < 4.78 is 0. The summed E-state index contributed by atoms with van der Waals surface area (Å²) in [5.74, 6) is 3.54. The van der Waals surface area contributed by atoms with Crippen molar-refractivity contribution in [1.29, 1.82) is 0 Å². The van der Waals surface area contributed by atoms with Gasteiger partial charge in [-0.15, -0.1) is 0 Å². The van der Waals surface area contributed by atoms with Crippen LogP contribution < -0.4 is 10.6 Å². The SMILES string of the molecule is O=C(Nc1ccc2nc(-c3ccc(NC(=O)C45CC6CC(CC(C6)C4)C5)cc3)[nH]c2c1)C1CCCCCC1. The molecule has 198 valence electrons. The first kappa shape index (κ1) is 23.9. The number of hydrogen-bond donors (Lipinski definition) is 3. The quantitative estimate of drug-likeness (QED) is 0.315. The molecule has 6 nitrogen and oxygen atoms in total. The lowest BCUT2D eigenvalue weighted by molar-refractivity contribution is -0.140. The molecule has 4 bridgehead atoms. The van der Waals surface area contributed by atoms with Gasteiger partial charge in [0, 0.05) is 22.9 Å². The number of imidazole rings is 1. The summed E-state index contributed by atoms with van der Waals surface area (Å²) in [4.78, 5) is 34.4. The van der Waals surface area contributed by atoms with Crippen LogP contribution in [-0.4, -0.2) is 21.8 Å². The van der Waals surface area contributed by atoms with Gasteiger partial charge in [-0.1, -0.05) is 25.7 Å². The highest BCUT2D eigenvalue weighted by Crippen LogP contribution is 2.60. The zero-order valence-corrected chi connectivity index (χ0v) is 22.1. The Morgan fingerprint density at radius 3 is 2.08 bits per heavy atom. The van der Waals surface area contributed by atoms with E-state index in [2.05, 4.69) is 15.6 Å². The van der Waals surface area contributed by atoms with Crippen LogP contribution in [0, 0.1) is 29.1 Å². The molecule has 0 aliphatic heterocycles. The van der Waals surface area contributed by atoms with Gasteiger partial charge in [-0.3, -0.25) is 9.59 Å². The van der Waals surface area contributed by atoms with Crippen molar-refractivity contribution >= 4 is 34.2 Å². The highest BCUT2D eigenvalue weighted by Gasteiger charge is 2.54. The topological polar surface area (TPSA) is 86.9 Å². The van der Waals surface area contributed by atoms with Crippen LogP contribution in [0.15, 0.2) is 42.5 Å². The average molecular weight is 511 g/mol. The second-order valence-corrected chi connectivity index (χ2v) is 12.7. The lowest BCUT2D eigenvalue weighted by atomic mass is 9.49. The van der Waals surface area contributed by atoms with E-state index in [1.807, 2.05) is 42.5 Å². The molecule has 5 fully saturated rings. The number of carbonyl (C=O) groups is 2. The van der Waals surface area contributed by atoms with Crippen LogP contribution >= 0.6 is 0 Å². The van der Waals surface area contributed by atoms with Gasteiger partial charge in [0.05, 0.1) is 16.4 Å². The maximum absolute atomic E-state index is 13.4. The lowest BCUT2D eigenvalue weighted by Gasteiger charge is -2.55. The van der Waals surface area contributed by atoms with Gasteiger partial charge in [-0.2, -0.15) is 0 Å². The third kappa shape index (κ3) is 4.52. The molecule has 0 spiro atoms. The molecule has 0 saturated heterocycles. The van der Waals surface area contributed by atoms with E-state index in [9.17, 15) is 9.59 Å². The highest BCUT2D eigenvalue weighted by atomic mass is 16.2. The Balaban J connectivity index is 1.03. The van der Waals surface area contributed by atoms with Crippen LogP contribution in [0.5, 0.6) is 0 Å². The fourth-order valence-corrected chi connectivity index (χ4v) is 8.37. The van der Waals surface area contributed by atoms with Crippen LogP contribution in [-0.2, 0) is 9.59 Å². The van der Waals surface area contributed by atoms with E-state index in [0.717, 1.165) is 96.5 Å². The second kappa shape index (κ2) is 9.55. The van der Waals surface area contributed by atoms with Crippen LogP contribution in [0.4, 0.5) is 11.4 Å². The third-order valence-electron chi connectivity index (χ3n) is 9.91. The molecule has 1 aromatic heterocycles. The van der Waals surface area contributed by atoms with E-state index in [4.69, 9.17) is 4.98 Å². The number of carbonyl (C=O) groups excluding carboxylic acids is 2. The Kier molecular flexibility index (Phi) is 6.01. The summed E-state index contributed by atoms with van der Waals surface area (Å²) in [5, 5.41) is 6.38. The maximum Gasteiger partial charge on any atom is 0.230 e. The van der Waals surface area contributed by atoms with Crippen LogP contribution in [0.25, 0.3) is 22.4 Å².